The Kier molecular flexibility index (Phi) is 7.02. The first kappa shape index (κ1) is 19.9. The third-order valence-electron chi connectivity index (χ3n) is 4.68. The highest BCUT2D eigenvalue weighted by atomic mass is 16.5. The fourth-order valence-corrected chi connectivity index (χ4v) is 3.20. The highest BCUT2D eigenvalue weighted by molar-refractivity contribution is 5.71. The van der Waals surface area contributed by atoms with E-state index in [-0.39, 0.29) is 0 Å². The predicted molar refractivity (Wildman–Crippen MR) is 115 cm³/mol. The zero-order valence-electron chi connectivity index (χ0n) is 16.4. The largest absolute Gasteiger partial charge is 0.490 e. The molecule has 0 bridgehead atoms. The van der Waals surface area contributed by atoms with E-state index in [1.54, 1.807) is 6.08 Å². The maximum atomic E-state index is 9.16. The quantitative estimate of drug-likeness (QED) is 0.517. The third-order valence-corrected chi connectivity index (χ3v) is 4.68. The minimum Gasteiger partial charge on any atom is -0.490 e. The molecule has 0 aliphatic carbocycles. The summed E-state index contributed by atoms with van der Waals surface area (Å²) in [5.74, 6) is 1.57. The zero-order chi connectivity index (χ0) is 19.8. The van der Waals surface area contributed by atoms with Crippen LogP contribution in [0.4, 0.5) is 0 Å². The highest BCUT2D eigenvalue weighted by Gasteiger charge is 2.15. The standard InChI is InChI=1S/C24H27N3O/c1-3-6-28-24-11-20(5-4-19-7-18(2)8-21(9-19)13-25)10-22(12-24)14-26-15-23-16-27-17-23/h3-5,7-12,23,26-27H,1,6,14-17H2,2H3/b5-4+. The fourth-order valence-electron chi connectivity index (χ4n) is 3.20. The summed E-state index contributed by atoms with van der Waals surface area (Å²) in [6, 6.07) is 14.4. The molecule has 2 aromatic carbocycles. The Bertz CT molecular complexity index is 891. The van der Waals surface area contributed by atoms with Crippen molar-refractivity contribution in [3.63, 3.8) is 0 Å². The van der Waals surface area contributed by atoms with E-state index in [1.807, 2.05) is 31.2 Å². The van der Waals surface area contributed by atoms with Crippen molar-refractivity contribution in [2.45, 2.75) is 13.5 Å². The van der Waals surface area contributed by atoms with Gasteiger partial charge in [-0.1, -0.05) is 36.9 Å². The summed E-state index contributed by atoms with van der Waals surface area (Å²) < 4.78 is 5.77. The van der Waals surface area contributed by atoms with Crippen molar-refractivity contribution in [3.05, 3.63) is 76.9 Å². The molecule has 2 N–H and O–H groups in total. The maximum absolute atomic E-state index is 9.16. The van der Waals surface area contributed by atoms with Crippen LogP contribution in [0.25, 0.3) is 12.2 Å². The molecule has 0 unspecified atom stereocenters. The van der Waals surface area contributed by atoms with Crippen molar-refractivity contribution in [2.75, 3.05) is 26.2 Å². The Labute approximate surface area is 167 Å². The Morgan fingerprint density at radius 1 is 1.18 bits per heavy atom. The van der Waals surface area contributed by atoms with Crippen molar-refractivity contribution in [3.8, 4) is 11.8 Å². The van der Waals surface area contributed by atoms with Gasteiger partial charge in [0.15, 0.2) is 0 Å². The van der Waals surface area contributed by atoms with Crippen LogP contribution in [-0.2, 0) is 6.54 Å². The molecule has 0 radical (unpaired) electrons. The summed E-state index contributed by atoms with van der Waals surface area (Å²) in [5, 5.41) is 16.0. The number of nitrogens with one attached hydrogen (secondary N) is 2. The van der Waals surface area contributed by atoms with Gasteiger partial charge in [-0.2, -0.15) is 5.26 Å². The molecule has 1 heterocycles. The van der Waals surface area contributed by atoms with Crippen LogP contribution < -0.4 is 15.4 Å². The summed E-state index contributed by atoms with van der Waals surface area (Å²) in [6.45, 7) is 10.2. The molecule has 0 saturated carbocycles. The number of nitrogens with zero attached hydrogens (tertiary/aromatic N) is 1. The van der Waals surface area contributed by atoms with Gasteiger partial charge in [0.05, 0.1) is 11.6 Å². The summed E-state index contributed by atoms with van der Waals surface area (Å²) in [7, 11) is 0. The average molecular weight is 374 g/mol. The molecule has 4 heteroatoms. The van der Waals surface area contributed by atoms with Gasteiger partial charge < -0.3 is 15.4 Å². The van der Waals surface area contributed by atoms with Crippen molar-refractivity contribution >= 4 is 12.2 Å². The van der Waals surface area contributed by atoms with Gasteiger partial charge in [-0.15, -0.1) is 0 Å². The third kappa shape index (κ3) is 5.82. The van der Waals surface area contributed by atoms with Crippen molar-refractivity contribution < 1.29 is 4.74 Å². The van der Waals surface area contributed by atoms with Crippen LogP contribution in [-0.4, -0.2) is 26.2 Å². The Hall–Kier alpha value is -2.87. The molecule has 144 valence electrons. The SMILES string of the molecule is C=CCOc1cc(/C=C/c2cc(C)cc(C#N)c2)cc(CNCC2CNC2)c1. The van der Waals surface area contributed by atoms with E-state index in [4.69, 9.17) is 10.00 Å². The van der Waals surface area contributed by atoms with E-state index in [2.05, 4.69) is 47.6 Å². The molecule has 1 fully saturated rings. The Balaban J connectivity index is 1.75. The first-order valence-corrected chi connectivity index (χ1v) is 9.65. The second-order valence-electron chi connectivity index (χ2n) is 7.24. The fraction of sp³-hybridized carbons (Fsp3) is 0.292. The van der Waals surface area contributed by atoms with E-state index in [0.717, 1.165) is 54.5 Å². The van der Waals surface area contributed by atoms with E-state index in [0.29, 0.717) is 12.2 Å². The number of rotatable bonds is 9. The monoisotopic (exact) mass is 373 g/mol. The molecule has 28 heavy (non-hydrogen) atoms. The lowest BCUT2D eigenvalue weighted by atomic mass is 10.0. The van der Waals surface area contributed by atoms with Gasteiger partial charge in [-0.25, -0.2) is 0 Å². The lowest BCUT2D eigenvalue weighted by molar-refractivity contribution is 0.331. The second-order valence-corrected chi connectivity index (χ2v) is 7.24. The Morgan fingerprint density at radius 2 is 1.96 bits per heavy atom. The molecule has 2 aromatic rings. The highest BCUT2D eigenvalue weighted by Crippen LogP contribution is 2.20. The average Bonchev–Trinajstić information content (AvgIpc) is 2.66. The summed E-state index contributed by atoms with van der Waals surface area (Å²) in [4.78, 5) is 0. The molecule has 3 rings (SSSR count). The molecule has 0 atom stereocenters. The summed E-state index contributed by atoms with van der Waals surface area (Å²) in [6.07, 6.45) is 5.86. The van der Waals surface area contributed by atoms with Gasteiger partial charge in [-0.05, 0) is 59.4 Å². The van der Waals surface area contributed by atoms with E-state index >= 15 is 0 Å². The molecule has 4 nitrogen and oxygen atoms in total. The van der Waals surface area contributed by atoms with Gasteiger partial charge >= 0.3 is 0 Å². The molecule has 1 aliphatic heterocycles. The van der Waals surface area contributed by atoms with Gasteiger partial charge in [0.2, 0.25) is 0 Å². The van der Waals surface area contributed by atoms with Gasteiger partial charge in [0.1, 0.15) is 12.4 Å². The van der Waals surface area contributed by atoms with Gasteiger partial charge in [-0.3, -0.25) is 0 Å². The van der Waals surface area contributed by atoms with Crippen LogP contribution in [0.1, 0.15) is 27.8 Å². The van der Waals surface area contributed by atoms with E-state index < -0.39 is 0 Å². The van der Waals surface area contributed by atoms with Crippen LogP contribution in [0.5, 0.6) is 5.75 Å². The summed E-state index contributed by atoms with van der Waals surface area (Å²) in [5.41, 5.74) is 5.04. The number of benzene rings is 2. The van der Waals surface area contributed by atoms with Crippen molar-refractivity contribution in [1.29, 1.82) is 5.26 Å². The Morgan fingerprint density at radius 3 is 2.64 bits per heavy atom. The molecule has 0 amide bonds. The number of ether oxygens (including phenoxy) is 1. The molecule has 1 saturated heterocycles. The number of aryl methyl sites for hydroxylation is 1. The smallest absolute Gasteiger partial charge is 0.120 e. The molecular formula is C24H27N3O. The maximum Gasteiger partial charge on any atom is 0.120 e. The first-order chi connectivity index (χ1) is 13.7. The zero-order valence-corrected chi connectivity index (χ0v) is 16.4. The number of hydrogen-bond donors (Lipinski definition) is 2. The lowest BCUT2D eigenvalue weighted by Gasteiger charge is -2.27. The van der Waals surface area contributed by atoms with Gasteiger partial charge in [0.25, 0.3) is 0 Å². The lowest BCUT2D eigenvalue weighted by Crippen LogP contribution is -2.47. The summed E-state index contributed by atoms with van der Waals surface area (Å²) >= 11 is 0. The molecule has 1 aliphatic rings. The minimum atomic E-state index is 0.483. The number of nitriles is 1. The van der Waals surface area contributed by atoms with Crippen LogP contribution >= 0.6 is 0 Å². The predicted octanol–water partition coefficient (Wildman–Crippen LogP) is 3.91. The van der Waals surface area contributed by atoms with Crippen molar-refractivity contribution in [1.82, 2.24) is 10.6 Å². The van der Waals surface area contributed by atoms with Crippen LogP contribution in [0.3, 0.4) is 0 Å². The first-order valence-electron chi connectivity index (χ1n) is 9.65. The van der Waals surface area contributed by atoms with Crippen LogP contribution in [0, 0.1) is 24.2 Å². The van der Waals surface area contributed by atoms with E-state index in [1.165, 1.54) is 5.56 Å². The van der Waals surface area contributed by atoms with Gasteiger partial charge in [0, 0.05) is 26.2 Å². The van der Waals surface area contributed by atoms with Crippen LogP contribution in [0.2, 0.25) is 0 Å². The van der Waals surface area contributed by atoms with Crippen LogP contribution in [0.15, 0.2) is 49.1 Å². The number of hydrogen-bond acceptors (Lipinski definition) is 4. The topological polar surface area (TPSA) is 57.1 Å². The normalized spacial score (nSPS) is 13.9. The van der Waals surface area contributed by atoms with Crippen molar-refractivity contribution in [2.24, 2.45) is 5.92 Å². The molecular weight excluding hydrogens is 346 g/mol. The molecule has 0 aromatic heterocycles. The molecule has 0 spiro atoms. The van der Waals surface area contributed by atoms with E-state index in [9.17, 15) is 0 Å². The second kappa shape index (κ2) is 9.89. The minimum absolute atomic E-state index is 0.483.